The predicted octanol–water partition coefficient (Wildman–Crippen LogP) is 3.11. The van der Waals surface area contributed by atoms with E-state index in [9.17, 15) is 5.11 Å². The fourth-order valence-corrected chi connectivity index (χ4v) is 2.58. The second-order valence-electron chi connectivity index (χ2n) is 4.08. The van der Waals surface area contributed by atoms with Crippen LogP contribution in [0.1, 0.15) is 16.3 Å². The number of methoxy groups -OCH3 is 1. The minimum Gasteiger partial charge on any atom is -0.504 e. The van der Waals surface area contributed by atoms with Crippen LogP contribution in [0.15, 0.2) is 17.5 Å². The molecule has 0 unspecified atom stereocenters. The topological polar surface area (TPSA) is 54.4 Å². The van der Waals surface area contributed by atoms with Gasteiger partial charge < -0.3 is 15.2 Å². The van der Waals surface area contributed by atoms with Crippen LogP contribution >= 0.6 is 22.9 Å². The number of ether oxygens (including phenoxy) is 1. The Hall–Kier alpha value is -1.30. The lowest BCUT2D eigenvalue weighted by Crippen LogP contribution is -2.13. The molecule has 1 heterocycles. The van der Waals surface area contributed by atoms with Crippen LogP contribution in [0.3, 0.4) is 0 Å². The number of aryl methyl sites for hydroxylation is 1. The number of phenols is 1. The molecule has 1 aromatic heterocycles. The highest BCUT2D eigenvalue weighted by atomic mass is 35.5. The Morgan fingerprint density at radius 2 is 2.21 bits per heavy atom. The van der Waals surface area contributed by atoms with Gasteiger partial charge in [0, 0.05) is 35.1 Å². The summed E-state index contributed by atoms with van der Waals surface area (Å²) in [6, 6.07) is 3.31. The van der Waals surface area contributed by atoms with E-state index in [4.69, 9.17) is 16.3 Å². The molecule has 19 heavy (non-hydrogen) atoms. The number of aromatic hydroxyl groups is 1. The van der Waals surface area contributed by atoms with Crippen molar-refractivity contribution in [1.82, 2.24) is 10.3 Å². The fraction of sp³-hybridized carbons (Fsp3) is 0.308. The highest BCUT2D eigenvalue weighted by Gasteiger charge is 2.09. The summed E-state index contributed by atoms with van der Waals surface area (Å²) in [7, 11) is 1.50. The summed E-state index contributed by atoms with van der Waals surface area (Å²) in [6.45, 7) is 3.12. The summed E-state index contributed by atoms with van der Waals surface area (Å²) in [4.78, 5) is 4.36. The van der Waals surface area contributed by atoms with Gasteiger partial charge in [0.05, 0.1) is 17.8 Å². The molecule has 0 aliphatic carbocycles. The molecule has 102 valence electrons. The van der Waals surface area contributed by atoms with E-state index in [1.807, 2.05) is 12.3 Å². The van der Waals surface area contributed by atoms with Crippen LogP contribution < -0.4 is 10.1 Å². The third-order valence-corrected chi connectivity index (χ3v) is 3.67. The van der Waals surface area contributed by atoms with Gasteiger partial charge in [-0.2, -0.15) is 0 Å². The fourth-order valence-electron chi connectivity index (χ4n) is 1.73. The first-order chi connectivity index (χ1) is 9.10. The van der Waals surface area contributed by atoms with Crippen LogP contribution in [0, 0.1) is 6.92 Å². The third-order valence-electron chi connectivity index (χ3n) is 2.63. The molecule has 0 aliphatic rings. The van der Waals surface area contributed by atoms with Crippen molar-refractivity contribution in [1.29, 1.82) is 0 Å². The highest BCUT2D eigenvalue weighted by molar-refractivity contribution is 7.09. The molecule has 4 nitrogen and oxygen atoms in total. The summed E-state index contributed by atoms with van der Waals surface area (Å²) in [5.41, 5.74) is 1.70. The summed E-state index contributed by atoms with van der Waals surface area (Å²) < 4.78 is 5.06. The number of rotatable bonds is 5. The van der Waals surface area contributed by atoms with Gasteiger partial charge in [0.25, 0.3) is 0 Å². The Kier molecular flexibility index (Phi) is 4.63. The Bertz CT molecular complexity index is 572. The Balaban J connectivity index is 2.01. The second-order valence-corrected chi connectivity index (χ2v) is 5.58. The molecule has 0 spiro atoms. The average molecular weight is 299 g/mol. The summed E-state index contributed by atoms with van der Waals surface area (Å²) in [6.07, 6.45) is 0. The van der Waals surface area contributed by atoms with Crippen molar-refractivity contribution in [2.45, 2.75) is 20.0 Å². The Morgan fingerprint density at radius 1 is 1.42 bits per heavy atom. The molecule has 0 bridgehead atoms. The summed E-state index contributed by atoms with van der Waals surface area (Å²) in [5, 5.41) is 16.8. The number of benzene rings is 1. The van der Waals surface area contributed by atoms with Crippen LogP contribution in [0.4, 0.5) is 0 Å². The van der Waals surface area contributed by atoms with Gasteiger partial charge in [-0.3, -0.25) is 0 Å². The first-order valence-electron chi connectivity index (χ1n) is 5.77. The molecule has 0 amide bonds. The molecule has 0 aliphatic heterocycles. The molecule has 6 heteroatoms. The van der Waals surface area contributed by atoms with Gasteiger partial charge in [-0.05, 0) is 13.0 Å². The van der Waals surface area contributed by atoms with Gasteiger partial charge in [-0.15, -0.1) is 11.3 Å². The maximum Gasteiger partial charge on any atom is 0.162 e. The molecule has 2 aromatic rings. The summed E-state index contributed by atoms with van der Waals surface area (Å²) >= 11 is 7.59. The molecule has 2 rings (SSSR count). The number of phenolic OH excluding ortho intramolecular Hbond substituents is 1. The van der Waals surface area contributed by atoms with Crippen molar-refractivity contribution in [2.24, 2.45) is 0 Å². The molecule has 2 N–H and O–H groups in total. The molecular weight excluding hydrogens is 284 g/mol. The van der Waals surface area contributed by atoms with Crippen LogP contribution in [0.5, 0.6) is 11.5 Å². The maximum absolute atomic E-state index is 9.98. The lowest BCUT2D eigenvalue weighted by atomic mass is 10.2. The zero-order chi connectivity index (χ0) is 13.8. The van der Waals surface area contributed by atoms with E-state index in [0.717, 1.165) is 10.7 Å². The van der Waals surface area contributed by atoms with Crippen molar-refractivity contribution in [2.75, 3.05) is 7.11 Å². The zero-order valence-corrected chi connectivity index (χ0v) is 12.3. The molecule has 1 aromatic carbocycles. The largest absolute Gasteiger partial charge is 0.504 e. The number of thiazole rings is 1. The lowest BCUT2D eigenvalue weighted by molar-refractivity contribution is 0.369. The third kappa shape index (κ3) is 3.59. The molecule has 0 radical (unpaired) electrons. The number of halogens is 1. The predicted molar refractivity (Wildman–Crippen MR) is 77.1 cm³/mol. The average Bonchev–Trinajstić information content (AvgIpc) is 2.79. The smallest absolute Gasteiger partial charge is 0.162 e. The van der Waals surface area contributed by atoms with Crippen LogP contribution in [0.25, 0.3) is 0 Å². The minimum atomic E-state index is 0.119. The van der Waals surface area contributed by atoms with E-state index >= 15 is 0 Å². The van der Waals surface area contributed by atoms with Gasteiger partial charge in [0.2, 0.25) is 0 Å². The number of hydrogen-bond donors (Lipinski definition) is 2. The molecular formula is C13H15ClN2O2S. The zero-order valence-electron chi connectivity index (χ0n) is 10.7. The number of nitrogens with one attached hydrogen (secondary N) is 1. The number of nitrogens with zero attached hydrogens (tertiary/aromatic N) is 1. The molecule has 0 atom stereocenters. The van der Waals surface area contributed by atoms with Crippen molar-refractivity contribution >= 4 is 22.9 Å². The molecule has 0 saturated heterocycles. The van der Waals surface area contributed by atoms with Crippen LogP contribution in [-0.2, 0) is 13.1 Å². The normalized spacial score (nSPS) is 10.7. The van der Waals surface area contributed by atoms with Crippen molar-refractivity contribution in [3.63, 3.8) is 0 Å². The lowest BCUT2D eigenvalue weighted by Gasteiger charge is -2.10. The Morgan fingerprint density at radius 3 is 2.84 bits per heavy atom. The minimum absolute atomic E-state index is 0.119. The second kappa shape index (κ2) is 6.23. The van der Waals surface area contributed by atoms with Gasteiger partial charge in [0.15, 0.2) is 11.5 Å². The maximum atomic E-state index is 9.98. The van der Waals surface area contributed by atoms with E-state index < -0.39 is 0 Å². The van der Waals surface area contributed by atoms with Gasteiger partial charge >= 0.3 is 0 Å². The standard InChI is InChI=1S/C13H15ClN2O2S/c1-8-16-11(7-19-8)6-15-5-9-3-10(14)4-12(18-2)13(9)17/h3-4,7,15,17H,5-6H2,1-2H3. The van der Waals surface area contributed by atoms with Crippen molar-refractivity contribution in [3.05, 3.63) is 38.8 Å². The number of hydrogen-bond acceptors (Lipinski definition) is 5. The quantitative estimate of drug-likeness (QED) is 0.890. The van der Waals surface area contributed by atoms with E-state index in [0.29, 0.717) is 29.4 Å². The van der Waals surface area contributed by atoms with Gasteiger partial charge in [0.1, 0.15) is 0 Å². The van der Waals surface area contributed by atoms with Crippen LogP contribution in [-0.4, -0.2) is 17.2 Å². The van der Waals surface area contributed by atoms with Crippen molar-refractivity contribution in [3.8, 4) is 11.5 Å². The number of aromatic nitrogens is 1. The van der Waals surface area contributed by atoms with Gasteiger partial charge in [-0.25, -0.2) is 4.98 Å². The SMILES string of the molecule is COc1cc(Cl)cc(CNCc2csc(C)n2)c1O. The van der Waals surface area contributed by atoms with Crippen LogP contribution in [0.2, 0.25) is 5.02 Å². The van der Waals surface area contributed by atoms with E-state index in [1.54, 1.807) is 23.5 Å². The monoisotopic (exact) mass is 298 g/mol. The van der Waals surface area contributed by atoms with E-state index in [2.05, 4.69) is 10.3 Å². The first kappa shape index (κ1) is 14.1. The summed E-state index contributed by atoms with van der Waals surface area (Å²) in [5.74, 6) is 0.502. The highest BCUT2D eigenvalue weighted by Crippen LogP contribution is 2.33. The molecule has 0 fully saturated rings. The van der Waals surface area contributed by atoms with Crippen molar-refractivity contribution < 1.29 is 9.84 Å². The molecule has 0 saturated carbocycles. The first-order valence-corrected chi connectivity index (χ1v) is 7.03. The van der Waals surface area contributed by atoms with E-state index in [1.165, 1.54) is 7.11 Å². The van der Waals surface area contributed by atoms with E-state index in [-0.39, 0.29) is 5.75 Å². The Labute approximate surface area is 121 Å². The van der Waals surface area contributed by atoms with Gasteiger partial charge in [-0.1, -0.05) is 11.6 Å².